The van der Waals surface area contributed by atoms with E-state index in [0.717, 1.165) is 0 Å². The summed E-state index contributed by atoms with van der Waals surface area (Å²) in [7, 11) is 1.56. The lowest BCUT2D eigenvalue weighted by Gasteiger charge is -2.18. The van der Waals surface area contributed by atoms with Gasteiger partial charge in [0.1, 0.15) is 11.5 Å². The molecule has 2 rings (SSSR count). The molecule has 0 spiro atoms. The molecule has 132 valence electrons. The molecule has 0 saturated carbocycles. The fraction of sp³-hybridized carbons (Fsp3) is 0.300. The van der Waals surface area contributed by atoms with E-state index in [1.807, 2.05) is 20.8 Å². The number of hydrogen-bond acceptors (Lipinski definition) is 5. The molecule has 0 aliphatic carbocycles. The van der Waals surface area contributed by atoms with Gasteiger partial charge in [0.05, 0.1) is 24.8 Å². The Kier molecular flexibility index (Phi) is 5.80. The van der Waals surface area contributed by atoms with Crippen molar-refractivity contribution in [3.05, 3.63) is 59.7 Å². The maximum atomic E-state index is 12.4. The highest BCUT2D eigenvalue weighted by Crippen LogP contribution is 2.20. The van der Waals surface area contributed by atoms with Gasteiger partial charge in [-0.15, -0.1) is 0 Å². The summed E-state index contributed by atoms with van der Waals surface area (Å²) in [6, 6.07) is 13.1. The van der Waals surface area contributed by atoms with Gasteiger partial charge in [-0.2, -0.15) is 0 Å². The van der Waals surface area contributed by atoms with Crippen LogP contribution in [-0.4, -0.2) is 25.7 Å². The summed E-state index contributed by atoms with van der Waals surface area (Å²) in [4.78, 5) is 24.7. The van der Waals surface area contributed by atoms with Crippen LogP contribution in [0.15, 0.2) is 48.5 Å². The van der Waals surface area contributed by atoms with E-state index in [-0.39, 0.29) is 23.1 Å². The minimum Gasteiger partial charge on any atom is -0.497 e. The van der Waals surface area contributed by atoms with Gasteiger partial charge in [0.2, 0.25) is 0 Å². The van der Waals surface area contributed by atoms with Gasteiger partial charge in [-0.3, -0.25) is 0 Å². The molecule has 2 aromatic carbocycles. The number of benzene rings is 2. The zero-order chi connectivity index (χ0) is 18.4. The first-order valence-corrected chi connectivity index (χ1v) is 7.92. The lowest BCUT2D eigenvalue weighted by molar-refractivity contribution is 0.0362. The lowest BCUT2D eigenvalue weighted by Crippen LogP contribution is -2.21. The first-order valence-electron chi connectivity index (χ1n) is 7.92. The zero-order valence-electron chi connectivity index (χ0n) is 14.9. The van der Waals surface area contributed by atoms with Crippen molar-refractivity contribution in [3.8, 4) is 11.5 Å². The Hall–Kier alpha value is -2.82. The van der Waals surface area contributed by atoms with Crippen LogP contribution in [-0.2, 0) is 4.74 Å². The summed E-state index contributed by atoms with van der Waals surface area (Å²) in [5.74, 6) is -0.139. The van der Waals surface area contributed by atoms with Crippen LogP contribution in [0.4, 0.5) is 0 Å². The topological polar surface area (TPSA) is 61.8 Å². The summed E-state index contributed by atoms with van der Waals surface area (Å²) < 4.78 is 15.7. The lowest BCUT2D eigenvalue weighted by atomic mass is 9.98. The van der Waals surface area contributed by atoms with Crippen molar-refractivity contribution in [2.45, 2.75) is 20.8 Å². The summed E-state index contributed by atoms with van der Waals surface area (Å²) in [6.45, 7) is 6.14. The van der Waals surface area contributed by atoms with Crippen molar-refractivity contribution in [3.63, 3.8) is 0 Å². The van der Waals surface area contributed by atoms with Crippen molar-refractivity contribution >= 4 is 11.9 Å². The van der Waals surface area contributed by atoms with Gasteiger partial charge >= 0.3 is 11.9 Å². The van der Waals surface area contributed by atoms with Crippen LogP contribution in [0, 0.1) is 5.41 Å². The first-order chi connectivity index (χ1) is 11.8. The maximum Gasteiger partial charge on any atom is 0.344 e. The van der Waals surface area contributed by atoms with Crippen molar-refractivity contribution in [1.29, 1.82) is 0 Å². The number of carbonyl (C=O) groups is 2. The van der Waals surface area contributed by atoms with E-state index in [1.165, 1.54) is 0 Å². The monoisotopic (exact) mass is 342 g/mol. The van der Waals surface area contributed by atoms with Crippen LogP contribution >= 0.6 is 0 Å². The van der Waals surface area contributed by atoms with Gasteiger partial charge in [-0.1, -0.05) is 32.9 Å². The smallest absolute Gasteiger partial charge is 0.344 e. The van der Waals surface area contributed by atoms with Crippen LogP contribution in [0.2, 0.25) is 0 Å². The molecule has 0 radical (unpaired) electrons. The van der Waals surface area contributed by atoms with E-state index in [4.69, 9.17) is 14.2 Å². The zero-order valence-corrected chi connectivity index (χ0v) is 14.9. The van der Waals surface area contributed by atoms with Gasteiger partial charge in [-0.05, 0) is 41.8 Å². The van der Waals surface area contributed by atoms with Gasteiger partial charge in [0, 0.05) is 0 Å². The van der Waals surface area contributed by atoms with Crippen molar-refractivity contribution in [1.82, 2.24) is 0 Å². The molecule has 0 fully saturated rings. The Morgan fingerprint density at radius 3 is 1.88 bits per heavy atom. The Morgan fingerprint density at radius 1 is 0.840 bits per heavy atom. The summed E-state index contributed by atoms with van der Waals surface area (Å²) in [5.41, 5.74) is 0.191. The standard InChI is InChI=1S/C20H22O5/c1-20(2,3)13-24-18(21)16-7-5-6-8-17(16)19(22)25-15-11-9-14(23-4)10-12-15/h5-12H,13H2,1-4H3. The fourth-order valence-corrected chi connectivity index (χ4v) is 2.00. The minimum atomic E-state index is -0.617. The SMILES string of the molecule is COc1ccc(OC(=O)c2ccccc2C(=O)OCC(C)(C)C)cc1. The second-order valence-corrected chi connectivity index (χ2v) is 6.75. The number of rotatable bonds is 5. The fourth-order valence-electron chi connectivity index (χ4n) is 2.00. The van der Waals surface area contributed by atoms with Crippen molar-refractivity contribution in [2.24, 2.45) is 5.41 Å². The second-order valence-electron chi connectivity index (χ2n) is 6.75. The molecule has 2 aromatic rings. The molecule has 0 amide bonds. The number of methoxy groups -OCH3 is 1. The predicted octanol–water partition coefficient (Wildman–Crippen LogP) is 4.12. The second kappa shape index (κ2) is 7.83. The van der Waals surface area contributed by atoms with Crippen molar-refractivity contribution < 1.29 is 23.8 Å². The molecule has 0 bridgehead atoms. The van der Waals surface area contributed by atoms with Gasteiger partial charge in [0.25, 0.3) is 0 Å². The molecule has 0 unspecified atom stereocenters. The summed E-state index contributed by atoms with van der Waals surface area (Å²) >= 11 is 0. The average molecular weight is 342 g/mol. The molecule has 5 nitrogen and oxygen atoms in total. The third kappa shape index (κ3) is 5.35. The van der Waals surface area contributed by atoms with Crippen LogP contribution in [0.1, 0.15) is 41.5 Å². The van der Waals surface area contributed by atoms with E-state index in [1.54, 1.807) is 55.6 Å². The van der Waals surface area contributed by atoms with Crippen molar-refractivity contribution in [2.75, 3.05) is 13.7 Å². The van der Waals surface area contributed by atoms with Gasteiger partial charge in [-0.25, -0.2) is 9.59 Å². The highest BCUT2D eigenvalue weighted by atomic mass is 16.5. The Bertz CT molecular complexity index is 741. The molecular formula is C20H22O5. The van der Waals surface area contributed by atoms with Crippen LogP contribution < -0.4 is 9.47 Å². The Morgan fingerprint density at radius 2 is 1.36 bits per heavy atom. The highest BCUT2D eigenvalue weighted by Gasteiger charge is 2.21. The molecule has 5 heteroatoms. The Labute approximate surface area is 147 Å². The maximum absolute atomic E-state index is 12.4. The van der Waals surface area contributed by atoms with E-state index in [9.17, 15) is 9.59 Å². The third-order valence-electron chi connectivity index (χ3n) is 3.27. The first kappa shape index (κ1) is 18.5. The molecule has 0 N–H and O–H groups in total. The summed E-state index contributed by atoms with van der Waals surface area (Å²) in [6.07, 6.45) is 0. The predicted molar refractivity (Wildman–Crippen MR) is 94.1 cm³/mol. The van der Waals surface area contributed by atoms with E-state index in [2.05, 4.69) is 0 Å². The van der Waals surface area contributed by atoms with E-state index >= 15 is 0 Å². The molecule has 0 aliphatic heterocycles. The van der Waals surface area contributed by atoms with Gasteiger partial charge in [0.15, 0.2) is 0 Å². The minimum absolute atomic E-state index is 0.159. The average Bonchev–Trinajstić information content (AvgIpc) is 2.59. The largest absolute Gasteiger partial charge is 0.497 e. The molecule has 0 atom stereocenters. The number of ether oxygens (including phenoxy) is 3. The van der Waals surface area contributed by atoms with Crippen LogP contribution in [0.5, 0.6) is 11.5 Å². The van der Waals surface area contributed by atoms with E-state index < -0.39 is 11.9 Å². The quantitative estimate of drug-likeness (QED) is 0.604. The molecule has 25 heavy (non-hydrogen) atoms. The van der Waals surface area contributed by atoms with Gasteiger partial charge < -0.3 is 14.2 Å². The van der Waals surface area contributed by atoms with Crippen LogP contribution in [0.3, 0.4) is 0 Å². The number of esters is 2. The molecule has 0 saturated heterocycles. The van der Waals surface area contributed by atoms with E-state index in [0.29, 0.717) is 11.5 Å². The molecule has 0 aliphatic rings. The number of carbonyl (C=O) groups excluding carboxylic acids is 2. The molecular weight excluding hydrogens is 320 g/mol. The number of hydrogen-bond donors (Lipinski definition) is 0. The highest BCUT2D eigenvalue weighted by molar-refractivity contribution is 6.03. The molecule has 0 heterocycles. The normalized spacial score (nSPS) is 10.9. The van der Waals surface area contributed by atoms with Crippen LogP contribution in [0.25, 0.3) is 0 Å². The molecule has 0 aromatic heterocycles. The third-order valence-corrected chi connectivity index (χ3v) is 3.27. The summed E-state index contributed by atoms with van der Waals surface area (Å²) in [5, 5.41) is 0. The Balaban J connectivity index is 2.15.